The number of ketones is 1. The zero-order chi connectivity index (χ0) is 18.3. The Morgan fingerprint density at radius 3 is 1.96 bits per heavy atom. The summed E-state index contributed by atoms with van der Waals surface area (Å²) in [4.78, 5) is 23.6. The molecule has 0 aromatic heterocycles. The van der Waals surface area contributed by atoms with Gasteiger partial charge in [0, 0.05) is 6.42 Å². The number of hydrogen-bond acceptors (Lipinski definition) is 3. The third-order valence-electron chi connectivity index (χ3n) is 4.90. The highest BCUT2D eigenvalue weighted by molar-refractivity contribution is 6.98. The van der Waals surface area contributed by atoms with E-state index in [9.17, 15) is 9.59 Å². The number of carbonyl (C=O) groups excluding carboxylic acids is 1. The highest BCUT2D eigenvalue weighted by Crippen LogP contribution is 2.40. The maximum Gasteiger partial charge on any atom is 0.258 e. The second-order valence-corrected chi connectivity index (χ2v) is 11.0. The molecule has 0 aliphatic heterocycles. The summed E-state index contributed by atoms with van der Waals surface area (Å²) in [6.07, 6.45) is 1.78. The van der Waals surface area contributed by atoms with Crippen LogP contribution in [0.1, 0.15) is 39.5 Å². The smallest absolute Gasteiger partial charge is 0.258 e. The van der Waals surface area contributed by atoms with E-state index in [4.69, 9.17) is 5.26 Å². The summed E-state index contributed by atoms with van der Waals surface area (Å²) in [6, 6.07) is 21.7. The van der Waals surface area contributed by atoms with E-state index >= 15 is 0 Å². The largest absolute Gasteiger partial charge is 0.424 e. The van der Waals surface area contributed by atoms with Crippen molar-refractivity contribution in [2.24, 2.45) is 0 Å². The summed E-state index contributed by atoms with van der Waals surface area (Å²) in [5, 5.41) is 10.2. The molecule has 0 saturated carbocycles. The van der Waals surface area contributed by atoms with Gasteiger partial charge in [0.25, 0.3) is 8.32 Å². The lowest BCUT2D eigenvalue weighted by atomic mass is 10.0. The van der Waals surface area contributed by atoms with Crippen LogP contribution in [-0.2, 0) is 4.79 Å². The minimum Gasteiger partial charge on any atom is -0.424 e. The van der Waals surface area contributed by atoms with Crippen LogP contribution in [0.15, 0.2) is 60.7 Å². The molecule has 0 heterocycles. The van der Waals surface area contributed by atoms with Gasteiger partial charge in [0.15, 0.2) is 0 Å². The Morgan fingerprint density at radius 2 is 1.52 bits per heavy atom. The molecule has 25 heavy (non-hydrogen) atoms. The standard InChI is InChI=1S/C21H25NO2Si/c1-21(2,16-9-10-18(23)15-17-22)25(24,19-11-5-3-6-12-19)20-13-7-4-8-14-20/h3-8,11-14,24H,9-10,15-16H2,1-2H3. The Hall–Kier alpha value is -2.22. The van der Waals surface area contributed by atoms with Crippen molar-refractivity contribution in [2.45, 2.75) is 44.6 Å². The van der Waals surface area contributed by atoms with E-state index in [-0.39, 0.29) is 17.2 Å². The normalized spacial score (nSPS) is 11.8. The molecular formula is C21H25NO2Si. The van der Waals surface area contributed by atoms with Crippen molar-refractivity contribution in [3.05, 3.63) is 60.7 Å². The van der Waals surface area contributed by atoms with Crippen LogP contribution in [0.3, 0.4) is 0 Å². The molecule has 0 fully saturated rings. The summed E-state index contributed by atoms with van der Waals surface area (Å²) >= 11 is 0. The van der Waals surface area contributed by atoms with Crippen LogP contribution in [0.4, 0.5) is 0 Å². The summed E-state index contributed by atoms with van der Waals surface area (Å²) in [6.45, 7) is 4.18. The maximum atomic E-state index is 12.0. The van der Waals surface area contributed by atoms with Crippen LogP contribution in [0.5, 0.6) is 0 Å². The van der Waals surface area contributed by atoms with Gasteiger partial charge in [-0.3, -0.25) is 4.79 Å². The van der Waals surface area contributed by atoms with Crippen LogP contribution in [0.25, 0.3) is 0 Å². The minimum atomic E-state index is -3.00. The molecule has 1 N–H and O–H groups in total. The molecule has 0 aliphatic carbocycles. The number of nitriles is 1. The Kier molecular flexibility index (Phi) is 6.30. The third kappa shape index (κ3) is 4.25. The monoisotopic (exact) mass is 351 g/mol. The Balaban J connectivity index is 2.32. The van der Waals surface area contributed by atoms with Crippen molar-refractivity contribution in [3.8, 4) is 6.07 Å². The van der Waals surface area contributed by atoms with Gasteiger partial charge in [0.1, 0.15) is 5.78 Å². The molecule has 2 aromatic rings. The van der Waals surface area contributed by atoms with Crippen molar-refractivity contribution in [2.75, 3.05) is 0 Å². The fourth-order valence-corrected chi connectivity index (χ4v) is 7.18. The topological polar surface area (TPSA) is 61.1 Å². The highest BCUT2D eigenvalue weighted by atomic mass is 28.4. The molecule has 0 bridgehead atoms. The van der Waals surface area contributed by atoms with Crippen LogP contribution in [-0.4, -0.2) is 18.9 Å². The van der Waals surface area contributed by atoms with Crippen molar-refractivity contribution < 1.29 is 9.59 Å². The first kappa shape index (κ1) is 19.1. The Bertz CT molecular complexity index is 696. The van der Waals surface area contributed by atoms with Gasteiger partial charge in [0.2, 0.25) is 0 Å². The van der Waals surface area contributed by atoms with Gasteiger partial charge in [-0.05, 0) is 28.3 Å². The predicted octanol–water partition coefficient (Wildman–Crippen LogP) is 3.17. The number of rotatable bonds is 8. The van der Waals surface area contributed by atoms with E-state index in [0.717, 1.165) is 16.8 Å². The number of carbonyl (C=O) groups is 1. The molecule has 4 heteroatoms. The van der Waals surface area contributed by atoms with E-state index in [1.165, 1.54) is 0 Å². The lowest BCUT2D eigenvalue weighted by Crippen LogP contribution is -2.65. The van der Waals surface area contributed by atoms with Crippen LogP contribution >= 0.6 is 0 Å². The van der Waals surface area contributed by atoms with Gasteiger partial charge >= 0.3 is 0 Å². The second-order valence-electron chi connectivity index (χ2n) is 7.05. The van der Waals surface area contributed by atoms with Crippen molar-refractivity contribution in [1.82, 2.24) is 0 Å². The second kappa shape index (κ2) is 8.24. The van der Waals surface area contributed by atoms with Gasteiger partial charge in [-0.2, -0.15) is 5.26 Å². The molecule has 0 unspecified atom stereocenters. The van der Waals surface area contributed by atoms with Gasteiger partial charge < -0.3 is 4.80 Å². The predicted molar refractivity (Wildman–Crippen MR) is 103 cm³/mol. The molecule has 0 amide bonds. The van der Waals surface area contributed by atoms with E-state index in [0.29, 0.717) is 12.8 Å². The van der Waals surface area contributed by atoms with Gasteiger partial charge in [-0.25, -0.2) is 0 Å². The molecule has 0 radical (unpaired) electrons. The summed E-state index contributed by atoms with van der Waals surface area (Å²) in [5.74, 6) is -0.0251. The number of Topliss-reactive ketones (excluding diaryl/α,β-unsaturated/α-hetero) is 1. The lowest BCUT2D eigenvalue weighted by molar-refractivity contribution is -0.118. The minimum absolute atomic E-state index is 0.0251. The molecule has 0 spiro atoms. The van der Waals surface area contributed by atoms with Crippen molar-refractivity contribution in [1.29, 1.82) is 5.26 Å². The van der Waals surface area contributed by atoms with Gasteiger partial charge in [-0.15, -0.1) is 0 Å². The molecule has 2 aromatic carbocycles. The van der Waals surface area contributed by atoms with E-state index in [2.05, 4.69) is 13.8 Å². The van der Waals surface area contributed by atoms with Gasteiger partial charge in [-0.1, -0.05) is 74.5 Å². The highest BCUT2D eigenvalue weighted by Gasteiger charge is 2.49. The summed E-state index contributed by atoms with van der Waals surface area (Å²) in [7, 11) is -3.00. The van der Waals surface area contributed by atoms with E-state index < -0.39 is 8.32 Å². The molecule has 130 valence electrons. The number of benzene rings is 2. The first-order chi connectivity index (χ1) is 11.9. The molecule has 3 nitrogen and oxygen atoms in total. The summed E-state index contributed by atoms with van der Waals surface area (Å²) < 4.78 is 0. The molecular weight excluding hydrogens is 326 g/mol. The van der Waals surface area contributed by atoms with E-state index in [1.54, 1.807) is 0 Å². The quantitative estimate of drug-likeness (QED) is 0.743. The van der Waals surface area contributed by atoms with Crippen molar-refractivity contribution >= 4 is 24.5 Å². The van der Waals surface area contributed by atoms with Crippen molar-refractivity contribution in [3.63, 3.8) is 0 Å². The molecule has 2 rings (SSSR count). The number of hydrogen-bond donors (Lipinski definition) is 1. The fraction of sp³-hybridized carbons (Fsp3) is 0.333. The molecule has 0 saturated heterocycles. The van der Waals surface area contributed by atoms with Crippen LogP contribution in [0.2, 0.25) is 5.04 Å². The lowest BCUT2D eigenvalue weighted by Gasteiger charge is -2.41. The van der Waals surface area contributed by atoms with Crippen LogP contribution in [0, 0.1) is 11.3 Å². The average molecular weight is 352 g/mol. The SMILES string of the molecule is CC(C)(CCCC(=O)CC#N)[Si](O)(c1ccccc1)c1ccccc1. The van der Waals surface area contributed by atoms with E-state index in [1.807, 2.05) is 66.7 Å². The first-order valence-electron chi connectivity index (χ1n) is 8.64. The molecule has 0 aliphatic rings. The zero-order valence-corrected chi connectivity index (χ0v) is 15.9. The Morgan fingerprint density at radius 1 is 1.04 bits per heavy atom. The van der Waals surface area contributed by atoms with Gasteiger partial charge in [0.05, 0.1) is 12.5 Å². The van der Waals surface area contributed by atoms with Crippen LogP contribution < -0.4 is 10.4 Å². The molecule has 0 atom stereocenters. The maximum absolute atomic E-state index is 12.0. The fourth-order valence-electron chi connectivity index (χ4n) is 3.39. The Labute approximate surface area is 151 Å². The number of nitrogens with zero attached hydrogens (tertiary/aromatic N) is 1. The average Bonchev–Trinajstić information content (AvgIpc) is 2.62. The zero-order valence-electron chi connectivity index (χ0n) is 14.9. The summed E-state index contributed by atoms with van der Waals surface area (Å²) in [5.41, 5.74) is 0. The first-order valence-corrected chi connectivity index (χ1v) is 10.6. The third-order valence-corrected chi connectivity index (χ3v) is 9.44.